The summed E-state index contributed by atoms with van der Waals surface area (Å²) in [4.78, 5) is 18.5. The van der Waals surface area contributed by atoms with E-state index in [1.807, 2.05) is 85.3 Å². The molecule has 0 aliphatic carbocycles. The zero-order chi connectivity index (χ0) is 27.2. The molecule has 39 heavy (non-hydrogen) atoms. The Morgan fingerprint density at radius 3 is 2.51 bits per heavy atom. The van der Waals surface area contributed by atoms with Gasteiger partial charge in [-0.3, -0.25) is 4.79 Å². The second-order valence-electron chi connectivity index (χ2n) is 9.50. The fourth-order valence-electron chi connectivity index (χ4n) is 4.57. The van der Waals surface area contributed by atoms with Crippen molar-refractivity contribution < 1.29 is 9.53 Å². The fourth-order valence-corrected chi connectivity index (χ4v) is 5.25. The lowest BCUT2D eigenvalue weighted by atomic mass is 9.95. The lowest BCUT2D eigenvalue weighted by molar-refractivity contribution is -0.113. The van der Waals surface area contributed by atoms with Crippen LogP contribution < -0.4 is 15.4 Å². The first-order chi connectivity index (χ1) is 19.0. The third-order valence-electron chi connectivity index (χ3n) is 6.60. The molecule has 1 atom stereocenters. The van der Waals surface area contributed by atoms with Gasteiger partial charge in [0.15, 0.2) is 0 Å². The standard InChI is InChI=1S/C31H33N5O2S/c1-4-20-39-31-34-30-32-22(3)27(29(37)33-26-13-9-8-10-21(26)2)28(36(30)35-31)24-14-16-25(17-15-24)38-19-18-23-11-6-5-7-12-23/h5-17,28H,4,18-20H2,1-3H3,(H,33,37)(H,32,34,35). The summed E-state index contributed by atoms with van der Waals surface area (Å²) in [5.41, 5.74) is 5.30. The summed E-state index contributed by atoms with van der Waals surface area (Å²) in [6.45, 7) is 6.62. The van der Waals surface area contributed by atoms with Gasteiger partial charge in [-0.05, 0) is 55.2 Å². The number of fused-ring (bicyclic) bond motifs is 1. The average molecular weight is 540 g/mol. The number of thioether (sulfide) groups is 1. The van der Waals surface area contributed by atoms with E-state index in [9.17, 15) is 4.79 Å². The number of nitrogens with zero attached hydrogens (tertiary/aromatic N) is 3. The number of carbonyl (C=O) groups excluding carboxylic acids is 1. The Kier molecular flexibility index (Phi) is 8.32. The molecular weight excluding hydrogens is 506 g/mol. The number of aryl methyl sites for hydroxylation is 1. The number of anilines is 2. The summed E-state index contributed by atoms with van der Waals surface area (Å²) in [5.74, 6) is 2.17. The van der Waals surface area contributed by atoms with E-state index in [1.54, 1.807) is 11.8 Å². The third kappa shape index (κ3) is 6.17. The van der Waals surface area contributed by atoms with Crippen molar-refractivity contribution in [2.45, 2.75) is 44.8 Å². The molecule has 1 aliphatic rings. The van der Waals surface area contributed by atoms with Crippen LogP contribution in [0.4, 0.5) is 11.6 Å². The van der Waals surface area contributed by atoms with Gasteiger partial charge < -0.3 is 15.4 Å². The fraction of sp³-hybridized carbons (Fsp3) is 0.258. The van der Waals surface area contributed by atoms with E-state index in [4.69, 9.17) is 14.8 Å². The van der Waals surface area contributed by atoms with Crippen LogP contribution in [0.3, 0.4) is 0 Å². The van der Waals surface area contributed by atoms with Gasteiger partial charge >= 0.3 is 0 Å². The Balaban J connectivity index is 1.42. The van der Waals surface area contributed by atoms with E-state index in [0.717, 1.165) is 46.9 Å². The number of benzene rings is 3. The summed E-state index contributed by atoms with van der Waals surface area (Å²) in [6.07, 6.45) is 1.86. The molecule has 1 amide bonds. The van der Waals surface area contributed by atoms with Crippen LogP contribution in [0.1, 0.15) is 43.0 Å². The summed E-state index contributed by atoms with van der Waals surface area (Å²) >= 11 is 1.61. The average Bonchev–Trinajstić information content (AvgIpc) is 3.35. The highest BCUT2D eigenvalue weighted by Gasteiger charge is 2.34. The smallest absolute Gasteiger partial charge is 0.255 e. The number of rotatable bonds is 10. The predicted molar refractivity (Wildman–Crippen MR) is 157 cm³/mol. The highest BCUT2D eigenvalue weighted by molar-refractivity contribution is 7.99. The number of carbonyl (C=O) groups is 1. The van der Waals surface area contributed by atoms with Crippen molar-refractivity contribution in [1.82, 2.24) is 14.8 Å². The van der Waals surface area contributed by atoms with Gasteiger partial charge in [-0.15, -0.1) is 5.10 Å². The second-order valence-corrected chi connectivity index (χ2v) is 10.6. The molecule has 0 saturated carbocycles. The summed E-state index contributed by atoms with van der Waals surface area (Å²) in [6, 6.07) is 25.6. The second kappa shape index (κ2) is 12.2. The number of amides is 1. The van der Waals surface area contributed by atoms with Gasteiger partial charge in [0.2, 0.25) is 11.1 Å². The summed E-state index contributed by atoms with van der Waals surface area (Å²) in [7, 11) is 0. The number of hydrogen-bond donors (Lipinski definition) is 2. The van der Waals surface area contributed by atoms with Crippen molar-refractivity contribution in [3.8, 4) is 5.75 Å². The van der Waals surface area contributed by atoms with E-state index in [2.05, 4.69) is 29.7 Å². The highest BCUT2D eigenvalue weighted by atomic mass is 32.2. The van der Waals surface area contributed by atoms with Crippen LogP contribution in [0, 0.1) is 6.92 Å². The summed E-state index contributed by atoms with van der Waals surface area (Å²) in [5, 5.41) is 11.9. The quantitative estimate of drug-likeness (QED) is 0.220. The molecule has 1 aromatic heterocycles. The van der Waals surface area contributed by atoms with Crippen molar-refractivity contribution in [1.29, 1.82) is 0 Å². The minimum Gasteiger partial charge on any atom is -0.493 e. The largest absolute Gasteiger partial charge is 0.493 e. The molecule has 0 spiro atoms. The molecule has 2 heterocycles. The molecule has 0 saturated heterocycles. The van der Waals surface area contributed by atoms with E-state index in [1.165, 1.54) is 5.56 Å². The molecule has 5 rings (SSSR count). The molecule has 1 unspecified atom stereocenters. The van der Waals surface area contributed by atoms with Crippen molar-refractivity contribution in [3.05, 3.63) is 107 Å². The van der Waals surface area contributed by atoms with E-state index in [-0.39, 0.29) is 5.91 Å². The zero-order valence-corrected chi connectivity index (χ0v) is 23.3. The first kappa shape index (κ1) is 26.6. The predicted octanol–water partition coefficient (Wildman–Crippen LogP) is 6.64. The van der Waals surface area contributed by atoms with Crippen LogP contribution in [-0.2, 0) is 11.2 Å². The van der Waals surface area contributed by atoms with Crippen molar-refractivity contribution in [2.75, 3.05) is 23.0 Å². The molecule has 4 aromatic rings. The van der Waals surface area contributed by atoms with E-state index in [0.29, 0.717) is 23.3 Å². The number of para-hydroxylation sites is 1. The van der Waals surface area contributed by atoms with Gasteiger partial charge in [0.05, 0.1) is 12.2 Å². The number of ether oxygens (including phenoxy) is 1. The molecule has 0 fully saturated rings. The van der Waals surface area contributed by atoms with E-state index >= 15 is 0 Å². The van der Waals surface area contributed by atoms with Gasteiger partial charge in [0.25, 0.3) is 5.91 Å². The van der Waals surface area contributed by atoms with Gasteiger partial charge in [0.1, 0.15) is 11.8 Å². The maximum absolute atomic E-state index is 13.7. The molecule has 0 bridgehead atoms. The minimum absolute atomic E-state index is 0.175. The maximum Gasteiger partial charge on any atom is 0.255 e. The number of allylic oxidation sites excluding steroid dienone is 1. The first-order valence-electron chi connectivity index (χ1n) is 13.2. The van der Waals surface area contributed by atoms with E-state index < -0.39 is 6.04 Å². The molecule has 2 N–H and O–H groups in total. The van der Waals surface area contributed by atoms with Crippen LogP contribution in [0.25, 0.3) is 0 Å². The topological polar surface area (TPSA) is 81.1 Å². The van der Waals surface area contributed by atoms with Gasteiger partial charge in [0, 0.05) is 23.6 Å². The van der Waals surface area contributed by atoms with Crippen LogP contribution >= 0.6 is 11.8 Å². The van der Waals surface area contributed by atoms with Crippen LogP contribution in [-0.4, -0.2) is 33.0 Å². The molecule has 8 heteroatoms. The Hall–Kier alpha value is -4.04. The number of aromatic nitrogens is 3. The zero-order valence-electron chi connectivity index (χ0n) is 22.5. The Morgan fingerprint density at radius 1 is 1.03 bits per heavy atom. The number of nitrogens with one attached hydrogen (secondary N) is 2. The lowest BCUT2D eigenvalue weighted by Crippen LogP contribution is -2.31. The Labute approximate surface area is 233 Å². The van der Waals surface area contributed by atoms with Gasteiger partial charge in [-0.2, -0.15) is 4.98 Å². The Bertz CT molecular complexity index is 1460. The van der Waals surface area contributed by atoms with Crippen LogP contribution in [0.2, 0.25) is 0 Å². The molecular formula is C31H33N5O2S. The van der Waals surface area contributed by atoms with Gasteiger partial charge in [-0.25, -0.2) is 4.68 Å². The minimum atomic E-state index is -0.438. The monoisotopic (exact) mass is 539 g/mol. The van der Waals surface area contributed by atoms with Crippen LogP contribution in [0.15, 0.2) is 95.3 Å². The molecule has 3 aromatic carbocycles. The summed E-state index contributed by atoms with van der Waals surface area (Å²) < 4.78 is 7.84. The maximum atomic E-state index is 13.7. The third-order valence-corrected chi connectivity index (χ3v) is 7.65. The molecule has 7 nitrogen and oxygen atoms in total. The Morgan fingerprint density at radius 2 is 1.77 bits per heavy atom. The van der Waals surface area contributed by atoms with Crippen LogP contribution in [0.5, 0.6) is 5.75 Å². The van der Waals surface area contributed by atoms with Crippen molar-refractivity contribution in [2.24, 2.45) is 0 Å². The molecule has 200 valence electrons. The normalized spacial score (nSPS) is 14.5. The highest BCUT2D eigenvalue weighted by Crippen LogP contribution is 2.37. The van der Waals surface area contributed by atoms with Gasteiger partial charge in [-0.1, -0.05) is 79.3 Å². The first-order valence-corrected chi connectivity index (χ1v) is 14.2. The molecule has 0 radical (unpaired) electrons. The SMILES string of the molecule is CCCSc1nc2n(n1)C(c1ccc(OCCc3ccccc3)cc1)C(C(=O)Nc1ccccc1C)=C(C)N2. The van der Waals surface area contributed by atoms with Crippen molar-refractivity contribution >= 4 is 29.3 Å². The lowest BCUT2D eigenvalue weighted by Gasteiger charge is -2.29. The molecule has 1 aliphatic heterocycles. The van der Waals surface area contributed by atoms with Crippen molar-refractivity contribution in [3.63, 3.8) is 0 Å². The number of hydrogen-bond acceptors (Lipinski definition) is 6.